The molecule has 1 aromatic heterocycles. The first kappa shape index (κ1) is 15.5. The van der Waals surface area contributed by atoms with Crippen molar-refractivity contribution in [3.63, 3.8) is 0 Å². The van der Waals surface area contributed by atoms with Gasteiger partial charge in [0.25, 0.3) is 0 Å². The van der Waals surface area contributed by atoms with Crippen LogP contribution in [-0.4, -0.2) is 40.0 Å². The Morgan fingerprint density at radius 1 is 1.19 bits per heavy atom. The molecule has 0 saturated carbocycles. The van der Waals surface area contributed by atoms with Gasteiger partial charge in [-0.2, -0.15) is 0 Å². The normalized spacial score (nSPS) is 12.6. The van der Waals surface area contributed by atoms with E-state index in [0.717, 1.165) is 0 Å². The Balaban J connectivity index is 0.00000225. The van der Waals surface area contributed by atoms with Crippen LogP contribution in [0.4, 0.5) is 0 Å². The van der Waals surface area contributed by atoms with Crippen LogP contribution in [0.2, 0.25) is 0 Å². The van der Waals surface area contributed by atoms with Crippen LogP contribution in [0.1, 0.15) is 0 Å². The van der Waals surface area contributed by atoms with Crippen LogP contribution in [0.5, 0.6) is 0 Å². The largest absolute Gasteiger partial charge is 0.412 e. The summed E-state index contributed by atoms with van der Waals surface area (Å²) in [5.41, 5.74) is 0. The van der Waals surface area contributed by atoms with Crippen molar-refractivity contribution < 1.29 is 34.2 Å². The summed E-state index contributed by atoms with van der Waals surface area (Å²) in [5.74, 6) is 0. The molecule has 0 fully saturated rings. The van der Waals surface area contributed by atoms with Gasteiger partial charge in [-0.1, -0.05) is 0 Å². The summed E-state index contributed by atoms with van der Waals surface area (Å²) >= 11 is 0. The SMILES string of the molecule is O.O=P(O)(O)C(Cn1ccnc1)P(=O)(O)O. The first-order chi connectivity index (χ1) is 6.71. The standard InChI is InChI=1S/C5H10N2O6P2.H2O/c8-14(9,10)5(15(11,12)13)3-7-2-1-6-4-7;/h1-2,4-5H,3H2,(H2,8,9,10)(H2,11,12,13);1H2. The lowest BCUT2D eigenvalue weighted by Gasteiger charge is -2.19. The molecule has 6 N–H and O–H groups in total. The van der Waals surface area contributed by atoms with E-state index in [1.54, 1.807) is 0 Å². The smallest absolute Gasteiger partial charge is 0.342 e. The Labute approximate surface area is 90.4 Å². The summed E-state index contributed by atoms with van der Waals surface area (Å²) in [4.78, 5) is 38.8. The number of rotatable bonds is 4. The molecule has 0 spiro atoms. The lowest BCUT2D eigenvalue weighted by Crippen LogP contribution is -2.16. The van der Waals surface area contributed by atoms with E-state index in [9.17, 15) is 9.13 Å². The molecule has 1 heterocycles. The number of nitrogens with zero attached hydrogens (tertiary/aromatic N) is 2. The molecule has 1 aromatic rings. The van der Waals surface area contributed by atoms with Gasteiger partial charge in [-0.15, -0.1) is 0 Å². The van der Waals surface area contributed by atoms with Gasteiger partial charge in [0.05, 0.1) is 6.33 Å². The van der Waals surface area contributed by atoms with Gasteiger partial charge in [0.15, 0.2) is 5.40 Å². The van der Waals surface area contributed by atoms with E-state index in [4.69, 9.17) is 19.6 Å². The fraction of sp³-hybridized carbons (Fsp3) is 0.400. The van der Waals surface area contributed by atoms with Crippen molar-refractivity contribution in [2.45, 2.75) is 11.9 Å². The third-order valence-electron chi connectivity index (χ3n) is 1.71. The Morgan fingerprint density at radius 2 is 1.69 bits per heavy atom. The second-order valence-electron chi connectivity index (χ2n) is 2.92. The summed E-state index contributed by atoms with van der Waals surface area (Å²) in [6, 6.07) is 0. The minimum atomic E-state index is -4.85. The first-order valence-corrected chi connectivity index (χ1v) is 7.14. The van der Waals surface area contributed by atoms with Crippen molar-refractivity contribution in [1.82, 2.24) is 9.55 Å². The highest BCUT2D eigenvalue weighted by Crippen LogP contribution is 2.60. The monoisotopic (exact) mass is 274 g/mol. The van der Waals surface area contributed by atoms with Crippen molar-refractivity contribution in [1.29, 1.82) is 0 Å². The van der Waals surface area contributed by atoms with Crippen LogP contribution in [0.15, 0.2) is 18.7 Å². The van der Waals surface area contributed by atoms with Gasteiger partial charge < -0.3 is 29.6 Å². The van der Waals surface area contributed by atoms with Gasteiger partial charge in [-0.25, -0.2) is 4.98 Å². The Kier molecular flexibility index (Phi) is 5.03. The highest BCUT2D eigenvalue weighted by molar-refractivity contribution is 7.70. The van der Waals surface area contributed by atoms with Crippen molar-refractivity contribution >= 4 is 15.2 Å². The highest BCUT2D eigenvalue weighted by atomic mass is 31.2. The first-order valence-electron chi connectivity index (χ1n) is 3.77. The molecule has 16 heavy (non-hydrogen) atoms. The molecule has 0 aliphatic rings. The zero-order valence-corrected chi connectivity index (χ0v) is 9.70. The predicted molar refractivity (Wildman–Crippen MR) is 53.7 cm³/mol. The van der Waals surface area contributed by atoms with Crippen LogP contribution in [0.3, 0.4) is 0 Å². The minimum Gasteiger partial charge on any atom is -0.412 e. The van der Waals surface area contributed by atoms with Gasteiger partial charge in [0.2, 0.25) is 0 Å². The molecule has 94 valence electrons. The topological polar surface area (TPSA) is 164 Å². The molecular formula is C5H12N2O7P2. The summed E-state index contributed by atoms with van der Waals surface area (Å²) < 4.78 is 22.9. The Hall–Kier alpha value is -0.530. The maximum atomic E-state index is 10.9. The third-order valence-corrected chi connectivity index (χ3v) is 5.39. The summed E-state index contributed by atoms with van der Waals surface area (Å²) in [6.07, 6.45) is 3.92. The molecule has 0 unspecified atom stereocenters. The zero-order valence-electron chi connectivity index (χ0n) is 7.91. The van der Waals surface area contributed by atoms with Crippen molar-refractivity contribution in [3.05, 3.63) is 18.7 Å². The second-order valence-corrected chi connectivity index (χ2v) is 6.93. The number of hydrogen-bond donors (Lipinski definition) is 4. The van der Waals surface area contributed by atoms with Crippen LogP contribution in [0, 0.1) is 0 Å². The van der Waals surface area contributed by atoms with Crippen LogP contribution in [0.25, 0.3) is 0 Å². The molecule has 0 saturated heterocycles. The van der Waals surface area contributed by atoms with Gasteiger partial charge >= 0.3 is 15.2 Å². The third kappa shape index (κ3) is 4.15. The fourth-order valence-electron chi connectivity index (χ4n) is 0.992. The van der Waals surface area contributed by atoms with Crippen molar-refractivity contribution in [2.75, 3.05) is 0 Å². The Morgan fingerprint density at radius 3 is 2.00 bits per heavy atom. The summed E-state index contributed by atoms with van der Waals surface area (Å²) in [6.45, 7) is -0.478. The zero-order chi connectivity index (χ0) is 11.7. The fourth-order valence-corrected chi connectivity index (χ4v) is 3.36. The molecule has 0 radical (unpaired) electrons. The second kappa shape index (κ2) is 5.20. The van der Waals surface area contributed by atoms with Crippen molar-refractivity contribution in [2.24, 2.45) is 0 Å². The molecule has 0 bridgehead atoms. The van der Waals surface area contributed by atoms with E-state index in [-0.39, 0.29) is 5.48 Å². The molecule has 1 rings (SSSR count). The van der Waals surface area contributed by atoms with Gasteiger partial charge in [-0.3, -0.25) is 9.13 Å². The van der Waals surface area contributed by atoms with Crippen LogP contribution < -0.4 is 0 Å². The molecule has 0 aliphatic carbocycles. The van der Waals surface area contributed by atoms with Gasteiger partial charge in [0, 0.05) is 18.9 Å². The molecule has 0 amide bonds. The van der Waals surface area contributed by atoms with Crippen molar-refractivity contribution in [3.8, 4) is 0 Å². The molecule has 11 heteroatoms. The number of imidazole rings is 1. The minimum absolute atomic E-state index is 0. The molecule has 9 nitrogen and oxygen atoms in total. The lowest BCUT2D eigenvalue weighted by molar-refractivity contribution is 0.332. The maximum Gasteiger partial charge on any atom is 0.342 e. The van der Waals surface area contributed by atoms with Crippen LogP contribution in [-0.2, 0) is 15.7 Å². The number of hydrogen-bond acceptors (Lipinski definition) is 3. The van der Waals surface area contributed by atoms with Gasteiger partial charge in [0.1, 0.15) is 0 Å². The Bertz CT molecular complexity index is 384. The van der Waals surface area contributed by atoms with Gasteiger partial charge in [-0.05, 0) is 0 Å². The molecular weight excluding hydrogens is 262 g/mol. The highest BCUT2D eigenvalue weighted by Gasteiger charge is 2.43. The average molecular weight is 274 g/mol. The average Bonchev–Trinajstić information content (AvgIpc) is 2.46. The van der Waals surface area contributed by atoms with Crippen LogP contribution >= 0.6 is 15.2 Å². The van der Waals surface area contributed by atoms with E-state index in [0.29, 0.717) is 0 Å². The molecule has 0 aliphatic heterocycles. The molecule has 0 aromatic carbocycles. The number of aromatic nitrogens is 2. The van der Waals surface area contributed by atoms with E-state index >= 15 is 0 Å². The van der Waals surface area contributed by atoms with E-state index in [1.165, 1.54) is 23.3 Å². The molecule has 0 atom stereocenters. The van der Waals surface area contributed by atoms with E-state index in [2.05, 4.69) is 4.98 Å². The predicted octanol–water partition coefficient (Wildman–Crippen LogP) is -1.26. The summed E-state index contributed by atoms with van der Waals surface area (Å²) in [7, 11) is -9.70. The lowest BCUT2D eigenvalue weighted by atomic mass is 10.7. The summed E-state index contributed by atoms with van der Waals surface area (Å²) in [5, 5.41) is -2.03. The van der Waals surface area contributed by atoms with E-state index < -0.39 is 27.1 Å². The maximum absolute atomic E-state index is 10.9. The van der Waals surface area contributed by atoms with E-state index in [1.807, 2.05) is 0 Å². The quantitative estimate of drug-likeness (QED) is 0.497.